The molecule has 1 N–H and O–H groups in total. The molecule has 0 radical (unpaired) electrons. The number of morpholine rings is 1. The molecule has 3 aromatic carbocycles. The number of nitrogens with one attached hydrogen (secondary N) is 1. The van der Waals surface area contributed by atoms with Crippen LogP contribution >= 0.6 is 15.9 Å². The predicted octanol–water partition coefficient (Wildman–Crippen LogP) is 5.05. The lowest BCUT2D eigenvalue weighted by atomic mass is 10.2. The number of anilines is 2. The zero-order chi connectivity index (χ0) is 22.2. The summed E-state index contributed by atoms with van der Waals surface area (Å²) in [4.78, 5) is 18.9. The van der Waals surface area contributed by atoms with Crippen LogP contribution in [0.2, 0.25) is 0 Å². The van der Waals surface area contributed by atoms with Gasteiger partial charge in [0.1, 0.15) is 5.75 Å². The number of benzene rings is 3. The van der Waals surface area contributed by atoms with E-state index in [1.54, 1.807) is 6.21 Å². The average Bonchev–Trinajstić information content (AvgIpc) is 2.84. The summed E-state index contributed by atoms with van der Waals surface area (Å²) in [7, 11) is 0. The normalized spacial score (nSPS) is 13.8. The van der Waals surface area contributed by atoms with Crippen LogP contribution < -0.4 is 15.0 Å². The van der Waals surface area contributed by atoms with Gasteiger partial charge in [-0.15, -0.1) is 0 Å². The Morgan fingerprint density at radius 2 is 1.81 bits per heavy atom. The SMILES string of the molecule is O=C(COc1ccc(C=Nc2ccc(N3CCOCC3)cc2)cc1Br)Nc1ccccc1. The molecule has 0 spiro atoms. The summed E-state index contributed by atoms with van der Waals surface area (Å²) in [6.45, 7) is 3.30. The Labute approximate surface area is 196 Å². The molecule has 7 heteroatoms. The van der Waals surface area contributed by atoms with Gasteiger partial charge in [0.15, 0.2) is 6.61 Å². The summed E-state index contributed by atoms with van der Waals surface area (Å²) in [5.41, 5.74) is 3.74. The second kappa shape index (κ2) is 10.9. The number of rotatable bonds is 7. The molecule has 0 atom stereocenters. The third-order valence-corrected chi connectivity index (χ3v) is 5.58. The fourth-order valence-corrected chi connectivity index (χ4v) is 3.81. The van der Waals surface area contributed by atoms with Gasteiger partial charge in [-0.3, -0.25) is 9.79 Å². The third-order valence-electron chi connectivity index (χ3n) is 4.96. The number of carbonyl (C=O) groups excluding carboxylic acids is 1. The topological polar surface area (TPSA) is 63.2 Å². The number of halogens is 1. The van der Waals surface area contributed by atoms with Crippen molar-refractivity contribution in [1.82, 2.24) is 0 Å². The first kappa shape index (κ1) is 22.0. The van der Waals surface area contributed by atoms with Crippen molar-refractivity contribution in [1.29, 1.82) is 0 Å². The van der Waals surface area contributed by atoms with Crippen LogP contribution in [0.3, 0.4) is 0 Å². The van der Waals surface area contributed by atoms with Crippen molar-refractivity contribution >= 4 is 45.1 Å². The molecule has 1 heterocycles. The maximum absolute atomic E-state index is 12.1. The molecule has 1 aliphatic rings. The minimum Gasteiger partial charge on any atom is -0.483 e. The Morgan fingerprint density at radius 1 is 1.06 bits per heavy atom. The molecule has 1 fully saturated rings. The second-order valence-corrected chi connectivity index (χ2v) is 8.12. The van der Waals surface area contributed by atoms with E-state index in [9.17, 15) is 4.79 Å². The van der Waals surface area contributed by atoms with Crippen LogP contribution in [0.1, 0.15) is 5.56 Å². The van der Waals surface area contributed by atoms with Crippen molar-refractivity contribution in [3.8, 4) is 5.75 Å². The number of carbonyl (C=O) groups is 1. The maximum atomic E-state index is 12.1. The van der Waals surface area contributed by atoms with Gasteiger partial charge < -0.3 is 19.7 Å². The fraction of sp³-hybridized carbons (Fsp3) is 0.200. The Kier molecular flexibility index (Phi) is 7.53. The molecule has 32 heavy (non-hydrogen) atoms. The lowest BCUT2D eigenvalue weighted by Gasteiger charge is -2.28. The zero-order valence-electron chi connectivity index (χ0n) is 17.5. The first-order valence-corrected chi connectivity index (χ1v) is 11.2. The van der Waals surface area contributed by atoms with Crippen molar-refractivity contribution in [2.75, 3.05) is 43.1 Å². The smallest absolute Gasteiger partial charge is 0.262 e. The van der Waals surface area contributed by atoms with Crippen molar-refractivity contribution in [2.45, 2.75) is 0 Å². The number of para-hydroxylation sites is 1. The summed E-state index contributed by atoms with van der Waals surface area (Å²) in [6, 6.07) is 23.1. The number of nitrogens with zero attached hydrogens (tertiary/aromatic N) is 2. The largest absolute Gasteiger partial charge is 0.483 e. The summed E-state index contributed by atoms with van der Waals surface area (Å²) in [5.74, 6) is 0.384. The molecule has 0 unspecified atom stereocenters. The molecule has 0 aliphatic carbocycles. The van der Waals surface area contributed by atoms with Crippen LogP contribution in [0.4, 0.5) is 17.1 Å². The quantitative estimate of drug-likeness (QED) is 0.467. The third kappa shape index (κ3) is 6.18. The molecule has 1 amide bonds. The van der Waals surface area contributed by atoms with Gasteiger partial charge in [-0.2, -0.15) is 0 Å². The van der Waals surface area contributed by atoms with Crippen LogP contribution in [0, 0.1) is 0 Å². The van der Waals surface area contributed by atoms with Gasteiger partial charge in [-0.1, -0.05) is 18.2 Å². The highest BCUT2D eigenvalue weighted by Crippen LogP contribution is 2.26. The van der Waals surface area contributed by atoms with Crippen LogP contribution in [-0.4, -0.2) is 45.0 Å². The van der Waals surface area contributed by atoms with E-state index in [1.807, 2.05) is 60.7 Å². The number of hydrogen-bond donors (Lipinski definition) is 1. The van der Waals surface area contributed by atoms with Gasteiger partial charge in [-0.05, 0) is 76.1 Å². The molecule has 1 saturated heterocycles. The number of amides is 1. The van der Waals surface area contributed by atoms with Crippen molar-refractivity contribution in [3.63, 3.8) is 0 Å². The van der Waals surface area contributed by atoms with Gasteiger partial charge in [0.05, 0.1) is 23.4 Å². The van der Waals surface area contributed by atoms with E-state index < -0.39 is 0 Å². The van der Waals surface area contributed by atoms with E-state index in [0.717, 1.165) is 47.7 Å². The first-order chi connectivity index (χ1) is 15.7. The zero-order valence-corrected chi connectivity index (χ0v) is 19.1. The molecule has 1 aliphatic heterocycles. The summed E-state index contributed by atoms with van der Waals surface area (Å²) < 4.78 is 11.8. The van der Waals surface area contributed by atoms with Crippen LogP contribution in [0.15, 0.2) is 82.3 Å². The van der Waals surface area contributed by atoms with E-state index >= 15 is 0 Å². The van der Waals surface area contributed by atoms with E-state index in [0.29, 0.717) is 5.75 Å². The van der Waals surface area contributed by atoms with Crippen LogP contribution in [-0.2, 0) is 9.53 Å². The molecule has 4 rings (SSSR count). The molecule has 164 valence electrons. The first-order valence-electron chi connectivity index (χ1n) is 10.4. The Hall–Kier alpha value is -3.16. The lowest BCUT2D eigenvalue weighted by Crippen LogP contribution is -2.36. The average molecular weight is 494 g/mol. The van der Waals surface area contributed by atoms with Gasteiger partial charge in [0.25, 0.3) is 5.91 Å². The fourth-order valence-electron chi connectivity index (χ4n) is 3.30. The predicted molar refractivity (Wildman–Crippen MR) is 131 cm³/mol. The van der Waals surface area contributed by atoms with Crippen molar-refractivity contribution in [2.24, 2.45) is 4.99 Å². The standard InChI is InChI=1S/C25H24BrN3O3/c26-23-16-19(6-11-24(23)32-18-25(30)28-21-4-2-1-3-5-21)17-27-20-7-9-22(10-8-20)29-12-14-31-15-13-29/h1-11,16-17H,12-15,18H2,(H,28,30). The number of ether oxygens (including phenoxy) is 2. The molecular weight excluding hydrogens is 470 g/mol. The van der Waals surface area contributed by atoms with Crippen LogP contribution in [0.5, 0.6) is 5.75 Å². The minimum atomic E-state index is -0.214. The van der Waals surface area contributed by atoms with Crippen molar-refractivity contribution in [3.05, 3.63) is 82.8 Å². The van der Waals surface area contributed by atoms with E-state index in [2.05, 4.69) is 43.3 Å². The molecule has 0 saturated carbocycles. The Morgan fingerprint density at radius 3 is 2.53 bits per heavy atom. The lowest BCUT2D eigenvalue weighted by molar-refractivity contribution is -0.118. The highest BCUT2D eigenvalue weighted by molar-refractivity contribution is 9.10. The molecule has 6 nitrogen and oxygen atoms in total. The van der Waals surface area contributed by atoms with E-state index in [1.165, 1.54) is 5.69 Å². The van der Waals surface area contributed by atoms with Gasteiger partial charge in [-0.25, -0.2) is 0 Å². The summed E-state index contributed by atoms with van der Waals surface area (Å²) in [5, 5.41) is 2.80. The van der Waals surface area contributed by atoms with E-state index in [4.69, 9.17) is 9.47 Å². The molecular formula is C25H24BrN3O3. The molecule has 0 aromatic heterocycles. The summed E-state index contributed by atoms with van der Waals surface area (Å²) >= 11 is 3.51. The van der Waals surface area contributed by atoms with E-state index in [-0.39, 0.29) is 12.5 Å². The molecule has 3 aromatic rings. The highest BCUT2D eigenvalue weighted by Gasteiger charge is 2.10. The summed E-state index contributed by atoms with van der Waals surface area (Å²) in [6.07, 6.45) is 1.81. The monoisotopic (exact) mass is 493 g/mol. The Bertz CT molecular complexity index is 1070. The molecule has 0 bridgehead atoms. The number of aliphatic imine (C=N–C) groups is 1. The van der Waals surface area contributed by atoms with Crippen LogP contribution in [0.25, 0.3) is 0 Å². The van der Waals surface area contributed by atoms with Gasteiger partial charge >= 0.3 is 0 Å². The maximum Gasteiger partial charge on any atom is 0.262 e. The van der Waals surface area contributed by atoms with Gasteiger partial charge in [0, 0.05) is 30.7 Å². The van der Waals surface area contributed by atoms with Gasteiger partial charge in [0.2, 0.25) is 0 Å². The highest BCUT2D eigenvalue weighted by atomic mass is 79.9. The second-order valence-electron chi connectivity index (χ2n) is 7.27. The van der Waals surface area contributed by atoms with Crippen molar-refractivity contribution < 1.29 is 14.3 Å². The Balaban J connectivity index is 1.31. The number of hydrogen-bond acceptors (Lipinski definition) is 5. The minimum absolute atomic E-state index is 0.0730.